The number of rotatable bonds is 72. The molecule has 3 aliphatic heterocycles. The quantitative estimate of drug-likeness (QED) is 0.00947. The van der Waals surface area contributed by atoms with Crippen LogP contribution in [0.2, 0.25) is 18.1 Å². The van der Waals surface area contributed by atoms with Gasteiger partial charge in [0.25, 0.3) is 0 Å². The van der Waals surface area contributed by atoms with Crippen molar-refractivity contribution in [1.82, 2.24) is 5.32 Å². The number of phosphoric ester groups is 1. The van der Waals surface area contributed by atoms with Crippen LogP contribution in [-0.2, 0) is 133 Å². The lowest BCUT2D eigenvalue weighted by molar-refractivity contribution is -0.305. The number of ether oxygens (including phenoxy) is 12. The Kier molecular flexibility index (Phi) is 55.4. The number of esters is 2. The number of amides is 1. The number of hydrogen-bond acceptors (Lipinski definition) is 22. The molecule has 760 valence electrons. The molecule has 0 bridgehead atoms. The summed E-state index contributed by atoms with van der Waals surface area (Å²) in [5.41, 5.74) is 4.74. The number of ketones is 1. The van der Waals surface area contributed by atoms with Crippen LogP contribution in [0.25, 0.3) is 0 Å². The molecule has 2 fully saturated rings. The summed E-state index contributed by atoms with van der Waals surface area (Å²) < 4.78 is 124. The van der Waals surface area contributed by atoms with E-state index in [0.29, 0.717) is 49.0 Å². The van der Waals surface area contributed by atoms with Crippen molar-refractivity contribution in [2.24, 2.45) is 5.92 Å². The zero-order valence-electron chi connectivity index (χ0n) is 84.4. The van der Waals surface area contributed by atoms with Crippen LogP contribution in [0, 0.1) is 5.92 Å². The Morgan fingerprint density at radius 3 is 1.40 bits per heavy atom. The average Bonchev–Trinajstić information content (AvgIpc) is 0.798. The molecular weight excluding hydrogens is 1760 g/mol. The predicted molar refractivity (Wildman–Crippen MR) is 536 cm³/mol. The van der Waals surface area contributed by atoms with Gasteiger partial charge in [-0.05, 0) is 95.7 Å². The lowest BCUT2D eigenvalue weighted by Gasteiger charge is -2.49. The van der Waals surface area contributed by atoms with E-state index in [1.54, 1.807) is 7.11 Å². The molecule has 136 heavy (non-hydrogen) atoms. The van der Waals surface area contributed by atoms with Crippen LogP contribution in [0.4, 0.5) is 4.79 Å². The first kappa shape index (κ1) is 114. The number of methoxy groups -OCH3 is 1. The van der Waals surface area contributed by atoms with E-state index in [1.165, 1.54) is 76.7 Å². The lowest BCUT2D eigenvalue weighted by Crippen LogP contribution is -2.67. The zero-order valence-corrected chi connectivity index (χ0v) is 86.2. The van der Waals surface area contributed by atoms with Crippen LogP contribution in [-0.4, -0.2) is 139 Å². The van der Waals surface area contributed by atoms with E-state index in [2.05, 4.69) is 73.5 Å². The van der Waals surface area contributed by atoms with Crippen LogP contribution in [0.1, 0.15) is 345 Å². The molecule has 0 aromatic heterocycles. The topological polar surface area (TPSA) is 262 Å². The van der Waals surface area contributed by atoms with Gasteiger partial charge in [-0.25, -0.2) is 9.36 Å². The SMILES string of the molecule is C=CCOC(=O)O[C@@H]1[C@@H](NC(=O)C[C@@H](CCCCCCCCCCC)OC(=O)CCCCCCCCCCC)[C@H](OC[C@H]2O[C@@H](O[Si](C)(C)C(C)(C)C)[C@H](C(=O)C[C@@H](CCCCCCCCCCC)OCc3ccc(OC)cc3)[C@@H](OC(=O)C[C@@H](CCCCCCCCC)OCc3ccccc3)[C@@H]2OCc2ccccc2)O[C@H](COCc2ccccc2)[C@H]1OP1(=O)OCc2ccccc2CO1. The number of carbonyl (C=O) groups excluding carboxylic acids is 5. The molecule has 0 saturated carbocycles. The molecule has 0 unspecified atom stereocenters. The van der Waals surface area contributed by atoms with Gasteiger partial charge in [0, 0.05) is 12.8 Å². The van der Waals surface area contributed by atoms with E-state index in [4.69, 9.17) is 74.8 Å². The van der Waals surface area contributed by atoms with Crippen LogP contribution in [0.3, 0.4) is 0 Å². The third-order valence-electron chi connectivity index (χ3n) is 26.6. The van der Waals surface area contributed by atoms with E-state index >= 15 is 18.9 Å². The van der Waals surface area contributed by atoms with E-state index < -0.39 is 131 Å². The number of unbranched alkanes of at least 4 members (excludes halogenated alkanes) is 30. The minimum Gasteiger partial charge on any atom is -0.497 e. The number of nitrogens with one attached hydrogen (secondary N) is 1. The molecule has 3 aliphatic rings. The first-order valence-corrected chi connectivity index (χ1v) is 56.5. The maximum absolute atomic E-state index is 16.8. The molecule has 13 atom stereocenters. The first-order valence-electron chi connectivity index (χ1n) is 52.1. The third-order valence-corrected chi connectivity index (χ3v) is 32.5. The smallest absolute Gasteiger partial charge is 0.497 e. The highest BCUT2D eigenvalue weighted by atomic mass is 31.2. The van der Waals surface area contributed by atoms with Gasteiger partial charge in [0.2, 0.25) is 5.91 Å². The van der Waals surface area contributed by atoms with Crippen molar-refractivity contribution >= 4 is 45.9 Å². The van der Waals surface area contributed by atoms with E-state index in [9.17, 15) is 9.59 Å². The largest absolute Gasteiger partial charge is 0.509 e. The van der Waals surface area contributed by atoms with Crippen LogP contribution in [0.15, 0.2) is 152 Å². The minimum absolute atomic E-state index is 0.0317. The Morgan fingerprint density at radius 1 is 0.471 bits per heavy atom. The number of fused-ring (bicyclic) bond motifs is 1. The van der Waals surface area contributed by atoms with E-state index in [-0.39, 0.29) is 84.3 Å². The Bertz CT molecular complexity index is 4090. The third kappa shape index (κ3) is 43.6. The molecule has 25 heteroatoms. The van der Waals surface area contributed by atoms with Gasteiger partial charge in [0.05, 0.1) is 85.0 Å². The summed E-state index contributed by atoms with van der Waals surface area (Å²) in [5.74, 6) is -2.74. The molecule has 2 saturated heterocycles. The molecule has 5 aromatic carbocycles. The van der Waals surface area contributed by atoms with Crippen molar-refractivity contribution < 1.29 is 103 Å². The summed E-state index contributed by atoms with van der Waals surface area (Å²) in [6.07, 6.45) is 22.7. The Hall–Kier alpha value is -7.00. The summed E-state index contributed by atoms with van der Waals surface area (Å²) in [6.45, 7) is 21.9. The lowest BCUT2D eigenvalue weighted by atomic mass is 9.84. The average molecular weight is 1930 g/mol. The molecule has 8 rings (SSSR count). The second-order valence-corrected chi connectivity index (χ2v) is 45.4. The molecule has 1 amide bonds. The number of phosphoric acid groups is 1. The van der Waals surface area contributed by atoms with Gasteiger partial charge in [-0.2, -0.15) is 0 Å². The van der Waals surface area contributed by atoms with Crippen LogP contribution in [0.5, 0.6) is 5.75 Å². The second kappa shape index (κ2) is 65.9. The minimum atomic E-state index is -4.77. The van der Waals surface area contributed by atoms with Crippen molar-refractivity contribution in [2.45, 2.75) is 443 Å². The van der Waals surface area contributed by atoms with Gasteiger partial charge >= 0.3 is 25.9 Å². The number of hydrogen-bond donors (Lipinski definition) is 1. The summed E-state index contributed by atoms with van der Waals surface area (Å²) in [4.78, 5) is 77.8. The first-order chi connectivity index (χ1) is 66.0. The van der Waals surface area contributed by atoms with Gasteiger partial charge in [-0.15, -0.1) is 0 Å². The molecule has 0 aliphatic carbocycles. The van der Waals surface area contributed by atoms with Crippen molar-refractivity contribution in [1.29, 1.82) is 0 Å². The van der Waals surface area contributed by atoms with Crippen LogP contribution < -0.4 is 10.1 Å². The molecule has 3 heterocycles. The maximum atomic E-state index is 16.8. The molecule has 23 nitrogen and oxygen atoms in total. The molecule has 0 spiro atoms. The Labute approximate surface area is 817 Å². The van der Waals surface area contributed by atoms with E-state index in [0.717, 1.165) is 157 Å². The van der Waals surface area contributed by atoms with Gasteiger partial charge in [0.15, 0.2) is 27.0 Å². The van der Waals surface area contributed by atoms with Gasteiger partial charge in [-0.1, -0.05) is 394 Å². The van der Waals surface area contributed by atoms with Crippen molar-refractivity contribution in [3.8, 4) is 5.75 Å². The zero-order chi connectivity index (χ0) is 97.3. The van der Waals surface area contributed by atoms with Crippen molar-refractivity contribution in [3.63, 3.8) is 0 Å². The van der Waals surface area contributed by atoms with Crippen LogP contribution >= 0.6 is 7.82 Å². The summed E-state index contributed by atoms with van der Waals surface area (Å²) in [6, 6.07) is 42.2. The summed E-state index contributed by atoms with van der Waals surface area (Å²) in [7, 11) is -6.25. The molecular formula is C111H170NO22PSi. The molecule has 0 radical (unpaired) electrons. The van der Waals surface area contributed by atoms with Crippen molar-refractivity contribution in [2.75, 3.05) is 26.9 Å². The fraction of sp³-hybridized carbons (Fsp3) is 0.667. The summed E-state index contributed by atoms with van der Waals surface area (Å²) >= 11 is 0. The predicted octanol–water partition coefficient (Wildman–Crippen LogP) is 27.0. The maximum Gasteiger partial charge on any atom is 0.509 e. The van der Waals surface area contributed by atoms with Gasteiger partial charge in [-0.3, -0.25) is 32.7 Å². The monoisotopic (exact) mass is 1930 g/mol. The number of benzene rings is 5. The fourth-order valence-corrected chi connectivity index (χ4v) is 20.0. The molecule has 1 N–H and O–H groups in total. The highest BCUT2D eigenvalue weighted by Gasteiger charge is 2.58. The van der Waals surface area contributed by atoms with Gasteiger partial charge in [0.1, 0.15) is 66.7 Å². The number of Topliss-reactive ketones (excluding diaryl/α,β-unsaturated/α-hetero) is 1. The van der Waals surface area contributed by atoms with Crippen molar-refractivity contribution in [3.05, 3.63) is 186 Å². The summed E-state index contributed by atoms with van der Waals surface area (Å²) in [5, 5.41) is 2.66. The normalized spacial score (nSPS) is 20.1. The number of carbonyl (C=O) groups is 5. The Morgan fingerprint density at radius 2 is 0.912 bits per heavy atom. The van der Waals surface area contributed by atoms with Gasteiger partial charge < -0.3 is 66.6 Å². The highest BCUT2D eigenvalue weighted by molar-refractivity contribution is 7.48. The second-order valence-electron chi connectivity index (χ2n) is 39.0. The van der Waals surface area contributed by atoms with E-state index in [1.807, 2.05) is 140 Å². The highest BCUT2D eigenvalue weighted by Crippen LogP contribution is 2.56. The Balaban J connectivity index is 1.27. The fourth-order valence-electron chi connectivity index (χ4n) is 17.5. The standard InChI is InChI=1S/C111H170NO22PSi/c1-12-17-21-25-29-32-36-40-52-66-93(122-80-89-70-72-92(119-9)73-71-89)75-96(113)102-106(131-101(116)77-94(67-53-39-35-28-24-20-15-4)123-79-87-60-48-44-49-61-87)104(124-81-88-62-50-45-51-63-88)98(129-108(102)134-136(10,11)111(6,7)8)85-125-109-103(112-99(114)76-95(68-54-41-37-33-30-26-22-18-13-2)128-100(115)69-55-42-38-34-31-27-23-19-14-3)107(132-110(117)121-74-16-5)105(97(130-109)84-120-78-86-58-46-43-47-59-86)133-135(118)126-82-90-64-56-57-65-91(90)83-127-135/h16,43-51,56-65,70-73,93-95,97-98,102-109H,5,12-15,17-42,52-55,66-69,74-85H2,1-4,6-11H3,(H,112,114)/t93-,94-,95-,97-,98-,102-,103-,104-,105-,106-,107-,108+,109-/m1/s1. The molecule has 5 aromatic rings.